The number of benzene rings is 2. The fourth-order valence-electron chi connectivity index (χ4n) is 6.12. The molecule has 2 aromatic carbocycles. The molecule has 2 heterocycles. The third-order valence-corrected chi connectivity index (χ3v) is 8.29. The van der Waals surface area contributed by atoms with Crippen LogP contribution in [0.3, 0.4) is 0 Å². The molecule has 10 heteroatoms. The maximum Gasteiger partial charge on any atom is 0.407 e. The predicted octanol–water partition coefficient (Wildman–Crippen LogP) is 4.47. The maximum atomic E-state index is 14.4. The molecule has 0 spiro atoms. The van der Waals surface area contributed by atoms with Crippen molar-refractivity contribution in [1.82, 2.24) is 25.1 Å². The number of ether oxygens (including phenoxy) is 1. The second-order valence-electron chi connectivity index (χ2n) is 10.8. The van der Waals surface area contributed by atoms with Crippen LogP contribution < -0.4 is 15.5 Å². The van der Waals surface area contributed by atoms with E-state index in [1.165, 1.54) is 13.2 Å². The van der Waals surface area contributed by atoms with Crippen LogP contribution in [0, 0.1) is 5.82 Å². The number of imidazole rings is 1. The van der Waals surface area contributed by atoms with E-state index in [9.17, 15) is 14.0 Å². The normalized spacial score (nSPS) is 20.9. The highest BCUT2D eigenvalue weighted by atomic mass is 19.1. The van der Waals surface area contributed by atoms with Crippen LogP contribution in [-0.2, 0) is 4.74 Å². The Bertz CT molecular complexity index is 1330. The van der Waals surface area contributed by atoms with E-state index in [2.05, 4.69) is 15.2 Å². The van der Waals surface area contributed by atoms with Gasteiger partial charge in [0.2, 0.25) is 0 Å². The first-order valence-electron chi connectivity index (χ1n) is 14.4. The van der Waals surface area contributed by atoms with Crippen molar-refractivity contribution in [1.29, 1.82) is 0 Å². The molecule has 2 amide bonds. The Morgan fingerprint density at radius 2 is 1.88 bits per heavy atom. The van der Waals surface area contributed by atoms with Gasteiger partial charge in [-0.1, -0.05) is 55.3 Å². The molecular formula is C31H39FN6O3. The Kier molecular flexibility index (Phi) is 9.18. The van der Waals surface area contributed by atoms with Crippen molar-refractivity contribution in [2.45, 2.75) is 50.2 Å². The lowest BCUT2D eigenvalue weighted by Gasteiger charge is -2.37. The van der Waals surface area contributed by atoms with E-state index in [4.69, 9.17) is 9.72 Å². The predicted molar refractivity (Wildman–Crippen MR) is 156 cm³/mol. The van der Waals surface area contributed by atoms with Gasteiger partial charge in [-0.3, -0.25) is 4.79 Å². The van der Waals surface area contributed by atoms with Crippen LogP contribution >= 0.6 is 0 Å². The van der Waals surface area contributed by atoms with Gasteiger partial charge in [0, 0.05) is 44.8 Å². The largest absolute Gasteiger partial charge is 0.453 e. The van der Waals surface area contributed by atoms with Gasteiger partial charge in [0.15, 0.2) is 5.69 Å². The second kappa shape index (κ2) is 13.2. The fraction of sp³-hybridized carbons (Fsp3) is 0.452. The number of methoxy groups -OCH3 is 1. The number of nitrogens with zero attached hydrogens (tertiary/aromatic N) is 4. The molecule has 2 fully saturated rings. The van der Waals surface area contributed by atoms with E-state index in [1.807, 2.05) is 53.2 Å². The number of alkyl carbamates (subject to hydrolysis) is 1. The minimum absolute atomic E-state index is 0.0552. The number of nitrogens with one attached hydrogen (secondary N) is 2. The molecule has 3 aromatic rings. The highest BCUT2D eigenvalue weighted by Crippen LogP contribution is 2.35. The van der Waals surface area contributed by atoms with Crippen molar-refractivity contribution in [2.24, 2.45) is 0 Å². The van der Waals surface area contributed by atoms with Gasteiger partial charge in [0.25, 0.3) is 5.91 Å². The molecule has 218 valence electrons. The summed E-state index contributed by atoms with van der Waals surface area (Å²) in [5.41, 5.74) is 2.62. The zero-order valence-corrected chi connectivity index (χ0v) is 23.8. The molecule has 1 aliphatic carbocycles. The average molecular weight is 563 g/mol. The molecule has 1 saturated heterocycles. The number of halogens is 1. The van der Waals surface area contributed by atoms with Crippen LogP contribution in [0.25, 0.3) is 11.3 Å². The fourth-order valence-corrected chi connectivity index (χ4v) is 6.12. The summed E-state index contributed by atoms with van der Waals surface area (Å²) in [6.45, 7) is 2.51. The Morgan fingerprint density at radius 1 is 1.12 bits per heavy atom. The molecule has 5 rings (SSSR count). The number of carbonyl (C=O) groups excluding carboxylic acids is 2. The van der Waals surface area contributed by atoms with Gasteiger partial charge in [-0.15, -0.1) is 0 Å². The molecule has 9 nitrogen and oxygen atoms in total. The first-order chi connectivity index (χ1) is 20.0. The number of rotatable bonds is 8. The SMILES string of the molecule is COC(=O)N[C@H]1CCCC[C@@H]1n1cnc(C(=O)N2CCNC[C@H]2CCN(C)c2ccccc2F)c1-c1ccccc1. The van der Waals surface area contributed by atoms with Crippen molar-refractivity contribution in [3.05, 3.63) is 72.4 Å². The van der Waals surface area contributed by atoms with Gasteiger partial charge in [-0.25, -0.2) is 14.2 Å². The van der Waals surface area contributed by atoms with Gasteiger partial charge < -0.3 is 29.7 Å². The van der Waals surface area contributed by atoms with Crippen molar-refractivity contribution >= 4 is 17.7 Å². The van der Waals surface area contributed by atoms with Crippen molar-refractivity contribution in [3.63, 3.8) is 0 Å². The van der Waals surface area contributed by atoms with Crippen LogP contribution in [0.15, 0.2) is 60.9 Å². The molecule has 0 radical (unpaired) electrons. The van der Waals surface area contributed by atoms with Crippen molar-refractivity contribution < 1.29 is 18.7 Å². The number of piperazine rings is 1. The minimum atomic E-state index is -0.455. The summed E-state index contributed by atoms with van der Waals surface area (Å²) in [5, 5.41) is 6.42. The summed E-state index contributed by atoms with van der Waals surface area (Å²) in [6.07, 6.45) is 5.69. The van der Waals surface area contributed by atoms with Gasteiger partial charge >= 0.3 is 6.09 Å². The van der Waals surface area contributed by atoms with Gasteiger partial charge in [-0.05, 0) is 31.4 Å². The second-order valence-corrected chi connectivity index (χ2v) is 10.8. The smallest absolute Gasteiger partial charge is 0.407 e. The zero-order valence-electron chi connectivity index (χ0n) is 23.8. The molecule has 41 heavy (non-hydrogen) atoms. The van der Waals surface area contributed by atoms with E-state index in [0.29, 0.717) is 44.0 Å². The third-order valence-electron chi connectivity index (χ3n) is 8.29. The van der Waals surface area contributed by atoms with E-state index >= 15 is 0 Å². The number of hydrogen-bond acceptors (Lipinski definition) is 6. The van der Waals surface area contributed by atoms with Crippen LogP contribution in [0.2, 0.25) is 0 Å². The van der Waals surface area contributed by atoms with E-state index in [-0.39, 0.29) is 29.8 Å². The Labute approximate surface area is 240 Å². The van der Waals surface area contributed by atoms with Crippen molar-refractivity contribution in [2.75, 3.05) is 45.2 Å². The highest BCUT2D eigenvalue weighted by molar-refractivity contribution is 5.98. The first-order valence-corrected chi connectivity index (χ1v) is 14.4. The van der Waals surface area contributed by atoms with E-state index < -0.39 is 6.09 Å². The highest BCUT2D eigenvalue weighted by Gasteiger charge is 2.35. The lowest BCUT2D eigenvalue weighted by Crippen LogP contribution is -2.54. The first kappa shape index (κ1) is 28.6. The number of carbonyl (C=O) groups is 2. The number of anilines is 1. The molecule has 2 N–H and O–H groups in total. The Morgan fingerprint density at radius 3 is 2.66 bits per heavy atom. The van der Waals surface area contributed by atoms with Gasteiger partial charge in [-0.2, -0.15) is 0 Å². The van der Waals surface area contributed by atoms with Crippen LogP contribution in [-0.4, -0.2) is 78.9 Å². The number of para-hydroxylation sites is 1. The number of aromatic nitrogens is 2. The quantitative estimate of drug-likeness (QED) is 0.421. The monoisotopic (exact) mass is 562 g/mol. The number of amides is 2. The Balaban J connectivity index is 1.42. The van der Waals surface area contributed by atoms with Crippen LogP contribution in [0.4, 0.5) is 14.9 Å². The minimum Gasteiger partial charge on any atom is -0.453 e. The summed E-state index contributed by atoms with van der Waals surface area (Å²) in [4.78, 5) is 34.9. The Hall–Kier alpha value is -3.92. The number of hydrogen-bond donors (Lipinski definition) is 2. The molecular weight excluding hydrogens is 523 g/mol. The molecule has 0 unspecified atom stereocenters. The summed E-state index contributed by atoms with van der Waals surface area (Å²) in [6, 6.07) is 16.3. The van der Waals surface area contributed by atoms with Gasteiger partial charge in [0.05, 0.1) is 36.9 Å². The standard InChI is InChI=1S/C31H39FN6O3/c1-36(26-14-8-6-12-24(26)32)18-16-23-20-33-17-19-37(23)30(39)28-29(22-10-4-3-5-11-22)38(21-34-28)27-15-9-7-13-25(27)35-31(40)41-2/h3-6,8,10-12,14,21,23,25,27,33H,7,9,13,15-20H2,1-2H3,(H,35,40)/t23-,25+,27+/m1/s1. The maximum absolute atomic E-state index is 14.4. The lowest BCUT2D eigenvalue weighted by atomic mass is 9.89. The van der Waals surface area contributed by atoms with E-state index in [0.717, 1.165) is 36.9 Å². The summed E-state index contributed by atoms with van der Waals surface area (Å²) < 4.78 is 21.3. The topological polar surface area (TPSA) is 91.7 Å². The molecule has 0 bridgehead atoms. The third kappa shape index (κ3) is 6.37. The summed E-state index contributed by atoms with van der Waals surface area (Å²) in [7, 11) is 3.24. The molecule has 2 aliphatic rings. The van der Waals surface area contributed by atoms with E-state index in [1.54, 1.807) is 18.5 Å². The summed E-state index contributed by atoms with van der Waals surface area (Å²) >= 11 is 0. The van der Waals surface area contributed by atoms with Crippen molar-refractivity contribution in [3.8, 4) is 11.3 Å². The zero-order chi connectivity index (χ0) is 28.8. The van der Waals surface area contributed by atoms with Crippen LogP contribution in [0.5, 0.6) is 0 Å². The van der Waals surface area contributed by atoms with Gasteiger partial charge in [0.1, 0.15) is 5.82 Å². The lowest BCUT2D eigenvalue weighted by molar-refractivity contribution is 0.0623. The molecule has 3 atom stereocenters. The molecule has 1 aliphatic heterocycles. The molecule has 1 aromatic heterocycles. The van der Waals surface area contributed by atoms with Crippen LogP contribution in [0.1, 0.15) is 48.6 Å². The molecule has 1 saturated carbocycles. The average Bonchev–Trinajstić information content (AvgIpc) is 3.45. The summed E-state index contributed by atoms with van der Waals surface area (Å²) in [5.74, 6) is -0.374.